The summed E-state index contributed by atoms with van der Waals surface area (Å²) >= 11 is 0. The van der Waals surface area contributed by atoms with Crippen molar-refractivity contribution >= 4 is 11.6 Å². The number of aromatic nitrogens is 2. The van der Waals surface area contributed by atoms with E-state index in [4.69, 9.17) is 14.0 Å². The fourth-order valence-corrected chi connectivity index (χ4v) is 2.15. The zero-order valence-corrected chi connectivity index (χ0v) is 13.9. The highest BCUT2D eigenvalue weighted by atomic mass is 16.5. The van der Waals surface area contributed by atoms with Crippen LogP contribution in [-0.2, 0) is 11.4 Å². The molecule has 0 atom stereocenters. The quantitative estimate of drug-likeness (QED) is 0.741. The van der Waals surface area contributed by atoms with Gasteiger partial charge in [-0.15, -0.1) is 0 Å². The molecule has 7 nitrogen and oxygen atoms in total. The number of hydrogen-bond acceptors (Lipinski definition) is 6. The van der Waals surface area contributed by atoms with Gasteiger partial charge in [-0.2, -0.15) is 4.98 Å². The molecule has 0 saturated carbocycles. The van der Waals surface area contributed by atoms with Gasteiger partial charge >= 0.3 is 0 Å². The van der Waals surface area contributed by atoms with Crippen LogP contribution in [0, 0.1) is 0 Å². The van der Waals surface area contributed by atoms with Crippen molar-refractivity contribution in [1.29, 1.82) is 0 Å². The zero-order valence-electron chi connectivity index (χ0n) is 13.9. The molecule has 25 heavy (non-hydrogen) atoms. The number of rotatable bonds is 6. The molecule has 0 bridgehead atoms. The normalized spacial score (nSPS) is 10.3. The Morgan fingerprint density at radius 3 is 2.40 bits per heavy atom. The highest BCUT2D eigenvalue weighted by Crippen LogP contribution is 2.21. The molecule has 0 fully saturated rings. The zero-order chi connectivity index (χ0) is 17.6. The Morgan fingerprint density at radius 2 is 1.76 bits per heavy atom. The van der Waals surface area contributed by atoms with Crippen molar-refractivity contribution in [2.75, 3.05) is 12.4 Å². The van der Waals surface area contributed by atoms with Crippen molar-refractivity contribution in [3.63, 3.8) is 0 Å². The van der Waals surface area contributed by atoms with Crippen LogP contribution >= 0.6 is 0 Å². The number of anilines is 1. The van der Waals surface area contributed by atoms with E-state index in [9.17, 15) is 4.79 Å². The van der Waals surface area contributed by atoms with E-state index in [1.54, 1.807) is 31.4 Å². The largest absolute Gasteiger partial charge is 0.497 e. The molecule has 1 heterocycles. The molecule has 1 amide bonds. The summed E-state index contributed by atoms with van der Waals surface area (Å²) in [6.45, 7) is 1.61. The van der Waals surface area contributed by atoms with Gasteiger partial charge in [-0.05, 0) is 48.5 Å². The first kappa shape index (κ1) is 16.5. The van der Waals surface area contributed by atoms with Crippen molar-refractivity contribution in [3.8, 4) is 22.9 Å². The second kappa shape index (κ2) is 7.48. The lowest BCUT2D eigenvalue weighted by molar-refractivity contribution is -0.114. The number of amides is 1. The maximum atomic E-state index is 11.0. The molecule has 1 N–H and O–H groups in total. The van der Waals surface area contributed by atoms with Gasteiger partial charge in [0.15, 0.2) is 6.61 Å². The Hall–Kier alpha value is -3.35. The maximum absolute atomic E-state index is 11.0. The molecule has 3 rings (SSSR count). The molecule has 0 radical (unpaired) electrons. The van der Waals surface area contributed by atoms with Crippen LogP contribution in [0.4, 0.5) is 5.69 Å². The molecule has 7 heteroatoms. The van der Waals surface area contributed by atoms with E-state index >= 15 is 0 Å². The van der Waals surface area contributed by atoms with Gasteiger partial charge in [0.25, 0.3) is 5.89 Å². The Bertz CT molecular complexity index is 842. The molecule has 0 aliphatic carbocycles. The number of nitrogens with zero attached hydrogens (tertiary/aromatic N) is 2. The molecule has 128 valence electrons. The number of methoxy groups -OCH3 is 1. The molecule has 0 spiro atoms. The first-order valence-corrected chi connectivity index (χ1v) is 7.61. The van der Waals surface area contributed by atoms with Gasteiger partial charge in [-0.3, -0.25) is 4.79 Å². The van der Waals surface area contributed by atoms with Crippen LogP contribution in [0.2, 0.25) is 0 Å². The molecule has 0 unspecified atom stereocenters. The molecule has 0 aliphatic heterocycles. The smallest absolute Gasteiger partial charge is 0.264 e. The number of hydrogen-bond donors (Lipinski definition) is 1. The van der Waals surface area contributed by atoms with Crippen LogP contribution in [0.3, 0.4) is 0 Å². The Kier molecular flexibility index (Phi) is 4.94. The van der Waals surface area contributed by atoms with E-state index in [0.29, 0.717) is 23.2 Å². The van der Waals surface area contributed by atoms with E-state index in [-0.39, 0.29) is 12.5 Å². The molecular weight excluding hydrogens is 322 g/mol. The molecular formula is C18H17N3O4. The summed E-state index contributed by atoms with van der Waals surface area (Å²) in [5, 5.41) is 6.64. The Labute approximate surface area is 144 Å². The first-order chi connectivity index (χ1) is 12.1. The van der Waals surface area contributed by atoms with Gasteiger partial charge in [0.05, 0.1) is 7.11 Å². The fraction of sp³-hybridized carbons (Fsp3) is 0.167. The van der Waals surface area contributed by atoms with Crippen molar-refractivity contribution in [2.45, 2.75) is 13.5 Å². The average Bonchev–Trinajstić information content (AvgIpc) is 3.10. The Balaban J connectivity index is 1.60. The molecule has 0 aliphatic rings. The molecule has 0 saturated heterocycles. The summed E-state index contributed by atoms with van der Waals surface area (Å²) in [5.41, 5.74) is 1.54. The minimum Gasteiger partial charge on any atom is -0.497 e. The van der Waals surface area contributed by atoms with Gasteiger partial charge in [-0.25, -0.2) is 0 Å². The van der Waals surface area contributed by atoms with Crippen LogP contribution in [0.25, 0.3) is 11.4 Å². The van der Waals surface area contributed by atoms with Gasteiger partial charge in [-0.1, -0.05) is 5.16 Å². The third-order valence-corrected chi connectivity index (χ3v) is 3.35. The number of carbonyl (C=O) groups is 1. The van der Waals surface area contributed by atoms with E-state index in [1.807, 2.05) is 24.3 Å². The van der Waals surface area contributed by atoms with E-state index in [0.717, 1.165) is 11.3 Å². The summed E-state index contributed by atoms with van der Waals surface area (Å²) in [6.07, 6.45) is 0. The van der Waals surface area contributed by atoms with Crippen molar-refractivity contribution in [3.05, 3.63) is 54.4 Å². The monoisotopic (exact) mass is 339 g/mol. The number of carbonyl (C=O) groups excluding carboxylic acids is 1. The van der Waals surface area contributed by atoms with Crippen LogP contribution in [0.15, 0.2) is 53.1 Å². The third kappa shape index (κ3) is 4.35. The van der Waals surface area contributed by atoms with Gasteiger partial charge < -0.3 is 19.3 Å². The summed E-state index contributed by atoms with van der Waals surface area (Å²) in [5.74, 6) is 2.14. The van der Waals surface area contributed by atoms with Crippen LogP contribution in [0.5, 0.6) is 11.5 Å². The molecule has 3 aromatic rings. The lowest BCUT2D eigenvalue weighted by atomic mass is 10.2. The van der Waals surface area contributed by atoms with Crippen LogP contribution in [0.1, 0.15) is 12.8 Å². The van der Waals surface area contributed by atoms with Gasteiger partial charge in [0.2, 0.25) is 11.7 Å². The SMILES string of the molecule is COc1ccc(-c2noc(COc3ccc(NC(C)=O)cc3)n2)cc1. The Morgan fingerprint density at radius 1 is 1.08 bits per heavy atom. The predicted octanol–water partition coefficient (Wildman–Crippen LogP) is 3.28. The van der Waals surface area contributed by atoms with E-state index in [2.05, 4.69) is 15.5 Å². The van der Waals surface area contributed by atoms with Crippen LogP contribution in [-0.4, -0.2) is 23.2 Å². The number of nitrogens with one attached hydrogen (secondary N) is 1. The maximum Gasteiger partial charge on any atom is 0.264 e. The van der Waals surface area contributed by atoms with Crippen LogP contribution < -0.4 is 14.8 Å². The average molecular weight is 339 g/mol. The highest BCUT2D eigenvalue weighted by molar-refractivity contribution is 5.88. The molecule has 2 aromatic carbocycles. The van der Waals surface area contributed by atoms with Crippen molar-refractivity contribution in [2.24, 2.45) is 0 Å². The second-order valence-corrected chi connectivity index (χ2v) is 5.23. The number of ether oxygens (including phenoxy) is 2. The van der Waals surface area contributed by atoms with Crippen molar-refractivity contribution < 1.29 is 18.8 Å². The lowest BCUT2D eigenvalue weighted by Gasteiger charge is -2.05. The number of benzene rings is 2. The van der Waals surface area contributed by atoms with Crippen molar-refractivity contribution in [1.82, 2.24) is 10.1 Å². The lowest BCUT2D eigenvalue weighted by Crippen LogP contribution is -2.05. The summed E-state index contributed by atoms with van der Waals surface area (Å²) in [7, 11) is 1.61. The summed E-state index contributed by atoms with van der Waals surface area (Å²) < 4.78 is 15.9. The fourth-order valence-electron chi connectivity index (χ4n) is 2.15. The predicted molar refractivity (Wildman–Crippen MR) is 91.4 cm³/mol. The van der Waals surface area contributed by atoms with E-state index in [1.165, 1.54) is 6.92 Å². The summed E-state index contributed by atoms with van der Waals surface area (Å²) in [6, 6.07) is 14.4. The second-order valence-electron chi connectivity index (χ2n) is 5.23. The molecule has 1 aromatic heterocycles. The highest BCUT2D eigenvalue weighted by Gasteiger charge is 2.09. The minimum absolute atomic E-state index is 0.120. The standard InChI is InChI=1S/C18H17N3O4/c1-12(22)19-14-5-9-16(10-6-14)24-11-17-20-18(21-25-17)13-3-7-15(23-2)8-4-13/h3-10H,11H2,1-2H3,(H,19,22). The first-order valence-electron chi connectivity index (χ1n) is 7.61. The summed E-state index contributed by atoms with van der Waals surface area (Å²) in [4.78, 5) is 15.3. The topological polar surface area (TPSA) is 86.5 Å². The minimum atomic E-state index is -0.120. The van der Waals surface area contributed by atoms with E-state index < -0.39 is 0 Å². The third-order valence-electron chi connectivity index (χ3n) is 3.35. The van der Waals surface area contributed by atoms with Gasteiger partial charge in [0, 0.05) is 18.2 Å². The van der Waals surface area contributed by atoms with Gasteiger partial charge in [0.1, 0.15) is 11.5 Å².